The first kappa shape index (κ1) is 29.7. The molecule has 3 aromatic rings. The third-order valence-corrected chi connectivity index (χ3v) is 8.12. The predicted molar refractivity (Wildman–Crippen MR) is 146 cm³/mol. The molecule has 0 aromatic heterocycles. The molecule has 1 fully saturated rings. The minimum Gasteiger partial charge on any atom is -0.507 e. The molecule has 0 radical (unpaired) electrons. The van der Waals surface area contributed by atoms with Gasteiger partial charge < -0.3 is 64.9 Å². The summed E-state index contributed by atoms with van der Waals surface area (Å²) < 4.78 is 22.4. The molecule has 3 aliphatic heterocycles. The Balaban J connectivity index is 1.29. The summed E-state index contributed by atoms with van der Waals surface area (Å²) in [5, 5.41) is 92.0. The quantitative estimate of drug-likeness (QED) is 0.106. The number of esters is 1. The zero-order valence-electron chi connectivity index (χ0n) is 22.8. The van der Waals surface area contributed by atoms with Crippen molar-refractivity contribution in [1.82, 2.24) is 0 Å². The number of aliphatic hydroxyl groups excluding tert-OH is 5. The number of aliphatic hydroxyl groups is 5. The van der Waals surface area contributed by atoms with Crippen LogP contribution in [0.1, 0.15) is 40.7 Å². The Hall–Kier alpha value is -4.31. The molecule has 0 saturated carbocycles. The van der Waals surface area contributed by atoms with E-state index < -0.39 is 72.9 Å². The monoisotopic (exact) mass is 614 g/mol. The van der Waals surface area contributed by atoms with Crippen molar-refractivity contribution in [2.24, 2.45) is 0 Å². The molecule has 3 heterocycles. The summed E-state index contributed by atoms with van der Waals surface area (Å²) in [6, 6.07) is 9.41. The third-order valence-electron chi connectivity index (χ3n) is 8.12. The van der Waals surface area contributed by atoms with Gasteiger partial charge in [-0.25, -0.2) is 0 Å². The number of hydrogen-bond donors (Lipinski definition) is 9. The summed E-state index contributed by atoms with van der Waals surface area (Å²) in [6.07, 6.45) is -10.1. The molecule has 3 aliphatic rings. The summed E-state index contributed by atoms with van der Waals surface area (Å²) in [7, 11) is 0. The Morgan fingerprint density at radius 3 is 2.23 bits per heavy atom. The molecule has 14 heteroatoms. The SMILES string of the molecule is O=C1C[C@@H](c2ccc(O[C@H]3O[C@H](CO)[C@H](O)[C@H](O)[C@H]3O)c(O)c2)c2c(O)cc3c(c2O1)C[C@@H](O)[C@@H](c1ccc(O)c(O)c1)O3. The number of rotatable bonds is 5. The predicted octanol–water partition coefficient (Wildman–Crippen LogP) is 0.166. The number of carbonyl (C=O) groups is 1. The molecule has 1 saturated heterocycles. The first-order valence-electron chi connectivity index (χ1n) is 13.7. The van der Waals surface area contributed by atoms with Crippen LogP contribution >= 0.6 is 0 Å². The van der Waals surface area contributed by atoms with Gasteiger partial charge in [-0.2, -0.15) is 0 Å². The van der Waals surface area contributed by atoms with Gasteiger partial charge in [0, 0.05) is 29.5 Å². The minimum absolute atomic E-state index is 0.00781. The zero-order chi connectivity index (χ0) is 31.4. The van der Waals surface area contributed by atoms with Crippen LogP contribution in [-0.4, -0.2) is 95.3 Å². The van der Waals surface area contributed by atoms with Crippen LogP contribution in [-0.2, 0) is 16.0 Å². The van der Waals surface area contributed by atoms with E-state index in [0.29, 0.717) is 16.7 Å². The van der Waals surface area contributed by atoms with Gasteiger partial charge in [-0.05, 0) is 35.4 Å². The standard InChI is InChI=1S/C30H30O14/c31-10-22-25(38)26(39)27(40)30(43-22)42-20-4-2-11(5-17(20)34)13-8-23(37)44-29-14-7-19(36)28(12-1-3-15(32)16(33)6-12)41-21(14)9-18(35)24(13)29/h1-6,9,13,19,22,25-28,30-36,38-40H,7-8,10H2/t13-,19+,22+,25-,26-,27+,28+,30-/m0/s1. The lowest BCUT2D eigenvalue weighted by Crippen LogP contribution is -2.60. The molecule has 0 amide bonds. The maximum Gasteiger partial charge on any atom is 0.312 e. The van der Waals surface area contributed by atoms with Crippen LogP contribution in [0.15, 0.2) is 42.5 Å². The van der Waals surface area contributed by atoms with E-state index in [2.05, 4.69) is 0 Å². The van der Waals surface area contributed by atoms with E-state index in [0.717, 1.165) is 0 Å². The fourth-order valence-electron chi connectivity index (χ4n) is 5.82. The van der Waals surface area contributed by atoms with Crippen LogP contribution in [0.3, 0.4) is 0 Å². The van der Waals surface area contributed by atoms with E-state index in [1.165, 1.54) is 42.5 Å². The van der Waals surface area contributed by atoms with Crippen molar-refractivity contribution >= 4 is 5.97 Å². The molecular weight excluding hydrogens is 584 g/mol. The van der Waals surface area contributed by atoms with Crippen LogP contribution in [0.2, 0.25) is 0 Å². The first-order chi connectivity index (χ1) is 21.0. The lowest BCUT2D eigenvalue weighted by atomic mass is 9.82. The summed E-state index contributed by atoms with van der Waals surface area (Å²) in [5.41, 5.74) is 1.30. The van der Waals surface area contributed by atoms with Gasteiger partial charge in [0.25, 0.3) is 0 Å². The molecule has 0 aliphatic carbocycles. The Labute approximate surface area is 249 Å². The van der Waals surface area contributed by atoms with E-state index >= 15 is 0 Å². The Bertz CT molecular complexity index is 1590. The largest absolute Gasteiger partial charge is 0.507 e. The zero-order valence-corrected chi connectivity index (χ0v) is 22.8. The second kappa shape index (κ2) is 11.3. The van der Waals surface area contributed by atoms with Gasteiger partial charge in [-0.15, -0.1) is 0 Å². The van der Waals surface area contributed by atoms with Crippen molar-refractivity contribution in [1.29, 1.82) is 0 Å². The molecule has 6 rings (SSSR count). The fraction of sp³-hybridized carbons (Fsp3) is 0.367. The molecule has 0 bridgehead atoms. The number of benzene rings is 3. The molecule has 44 heavy (non-hydrogen) atoms. The summed E-state index contributed by atoms with van der Waals surface area (Å²) in [5.74, 6) is -2.92. The highest BCUT2D eigenvalue weighted by Crippen LogP contribution is 2.52. The average molecular weight is 615 g/mol. The summed E-state index contributed by atoms with van der Waals surface area (Å²) in [4.78, 5) is 12.8. The number of carbonyl (C=O) groups excluding carboxylic acids is 1. The number of ether oxygens (including phenoxy) is 4. The lowest BCUT2D eigenvalue weighted by Gasteiger charge is -2.39. The van der Waals surface area contributed by atoms with Crippen LogP contribution < -0.4 is 14.2 Å². The second-order valence-corrected chi connectivity index (χ2v) is 10.9. The maximum atomic E-state index is 12.8. The van der Waals surface area contributed by atoms with Gasteiger partial charge in [0.2, 0.25) is 6.29 Å². The number of phenols is 4. The van der Waals surface area contributed by atoms with Gasteiger partial charge in [-0.3, -0.25) is 4.79 Å². The van der Waals surface area contributed by atoms with Crippen molar-refractivity contribution in [3.05, 3.63) is 64.7 Å². The summed E-state index contributed by atoms with van der Waals surface area (Å²) in [6.45, 7) is -0.663. The molecule has 0 unspecified atom stereocenters. The van der Waals surface area contributed by atoms with E-state index in [9.17, 15) is 50.8 Å². The average Bonchev–Trinajstić information content (AvgIpc) is 2.99. The van der Waals surface area contributed by atoms with E-state index in [-0.39, 0.29) is 47.2 Å². The van der Waals surface area contributed by atoms with Crippen molar-refractivity contribution in [3.63, 3.8) is 0 Å². The van der Waals surface area contributed by atoms with Gasteiger partial charge in [0.05, 0.1) is 19.1 Å². The van der Waals surface area contributed by atoms with Gasteiger partial charge in [0.1, 0.15) is 47.8 Å². The van der Waals surface area contributed by atoms with Crippen LogP contribution in [0.4, 0.5) is 0 Å². The van der Waals surface area contributed by atoms with Gasteiger partial charge in [0.15, 0.2) is 23.0 Å². The third kappa shape index (κ3) is 5.11. The number of hydrogen-bond acceptors (Lipinski definition) is 14. The molecule has 14 nitrogen and oxygen atoms in total. The second-order valence-electron chi connectivity index (χ2n) is 10.9. The van der Waals surface area contributed by atoms with Crippen LogP contribution in [0, 0.1) is 0 Å². The molecule has 3 aromatic carbocycles. The van der Waals surface area contributed by atoms with Crippen LogP contribution in [0.5, 0.6) is 40.2 Å². The topological polar surface area (TPSA) is 236 Å². The number of fused-ring (bicyclic) bond motifs is 3. The van der Waals surface area contributed by atoms with Gasteiger partial charge in [-0.1, -0.05) is 12.1 Å². The Kier molecular flexibility index (Phi) is 7.65. The van der Waals surface area contributed by atoms with E-state index in [1.807, 2.05) is 0 Å². The minimum atomic E-state index is -1.70. The number of phenolic OH excluding ortho intramolecular Hbond substituents is 4. The van der Waals surface area contributed by atoms with Crippen molar-refractivity contribution in [2.75, 3.05) is 6.61 Å². The summed E-state index contributed by atoms with van der Waals surface area (Å²) >= 11 is 0. The number of aromatic hydroxyl groups is 4. The Morgan fingerprint density at radius 2 is 1.52 bits per heavy atom. The molecular formula is C30H30O14. The van der Waals surface area contributed by atoms with Crippen molar-refractivity contribution in [2.45, 2.75) is 61.7 Å². The van der Waals surface area contributed by atoms with Crippen LogP contribution in [0.25, 0.3) is 0 Å². The lowest BCUT2D eigenvalue weighted by molar-refractivity contribution is -0.277. The Morgan fingerprint density at radius 1 is 0.795 bits per heavy atom. The van der Waals surface area contributed by atoms with Crippen molar-refractivity contribution in [3.8, 4) is 40.2 Å². The smallest absolute Gasteiger partial charge is 0.312 e. The highest BCUT2D eigenvalue weighted by atomic mass is 16.7. The highest BCUT2D eigenvalue weighted by Gasteiger charge is 2.45. The van der Waals surface area contributed by atoms with Crippen molar-refractivity contribution < 1.29 is 69.7 Å². The maximum absolute atomic E-state index is 12.8. The highest BCUT2D eigenvalue weighted by molar-refractivity contribution is 5.80. The van der Waals surface area contributed by atoms with E-state index in [1.54, 1.807) is 0 Å². The molecule has 8 atom stereocenters. The van der Waals surface area contributed by atoms with Gasteiger partial charge >= 0.3 is 5.97 Å². The van der Waals surface area contributed by atoms with E-state index in [4.69, 9.17) is 18.9 Å². The molecule has 0 spiro atoms. The normalized spacial score (nSPS) is 29.6. The first-order valence-corrected chi connectivity index (χ1v) is 13.7. The molecule has 9 N–H and O–H groups in total. The fourth-order valence-corrected chi connectivity index (χ4v) is 5.82. The molecule has 234 valence electrons.